The van der Waals surface area contributed by atoms with E-state index in [1.807, 2.05) is 0 Å². The average molecular weight is 169 g/mol. The van der Waals surface area contributed by atoms with Gasteiger partial charge in [0.2, 0.25) is 0 Å². The van der Waals surface area contributed by atoms with Crippen LogP contribution in [-0.4, -0.2) is 13.2 Å². The largest absolute Gasteiger partial charge is 0.381 e. The number of hydrogen-bond acceptors (Lipinski definition) is 1. The van der Waals surface area contributed by atoms with Gasteiger partial charge in [-0.3, -0.25) is 0 Å². The molecule has 0 aliphatic carbocycles. The Labute approximate surface area is 76.5 Å². The molecule has 0 aromatic rings. The Kier molecular flexibility index (Phi) is 3.57. The van der Waals surface area contributed by atoms with E-state index in [4.69, 9.17) is 4.74 Å². The van der Waals surface area contributed by atoms with Crippen LogP contribution in [-0.2, 0) is 4.74 Å². The summed E-state index contributed by atoms with van der Waals surface area (Å²) in [5.74, 6) is 4.02. The molecule has 1 rings (SSSR count). The summed E-state index contributed by atoms with van der Waals surface area (Å²) in [6.07, 6.45) is 1.29. The van der Waals surface area contributed by atoms with E-state index in [-0.39, 0.29) is 0 Å². The Morgan fingerprint density at radius 1 is 1.17 bits per heavy atom. The predicted molar refractivity (Wildman–Crippen MR) is 51.8 cm³/mol. The molecule has 1 saturated heterocycles. The molecule has 0 bridgehead atoms. The standard InChI is InChI=1S/C11H21O/c1-8(2)11(9(3)4)5-10-6-12-7-10/h8-10H,5-7H2,1-4H3. The van der Waals surface area contributed by atoms with Crippen LogP contribution in [0.25, 0.3) is 0 Å². The van der Waals surface area contributed by atoms with E-state index in [2.05, 4.69) is 27.7 Å². The highest BCUT2D eigenvalue weighted by Gasteiger charge is 2.26. The van der Waals surface area contributed by atoms with Crippen molar-refractivity contribution >= 4 is 0 Å². The minimum Gasteiger partial charge on any atom is -0.381 e. The van der Waals surface area contributed by atoms with E-state index in [9.17, 15) is 0 Å². The van der Waals surface area contributed by atoms with Gasteiger partial charge in [-0.2, -0.15) is 0 Å². The van der Waals surface area contributed by atoms with Crippen LogP contribution in [0, 0.1) is 23.7 Å². The summed E-state index contributed by atoms with van der Waals surface area (Å²) in [5.41, 5.74) is 0. The molecular formula is C11H21O. The first-order valence-electron chi connectivity index (χ1n) is 5.04. The molecule has 0 atom stereocenters. The second-order valence-corrected chi connectivity index (χ2v) is 4.49. The van der Waals surface area contributed by atoms with Crippen LogP contribution >= 0.6 is 0 Å². The second-order valence-electron chi connectivity index (χ2n) is 4.49. The number of ether oxygens (including phenoxy) is 1. The Hall–Kier alpha value is -0.0400. The van der Waals surface area contributed by atoms with Gasteiger partial charge < -0.3 is 4.74 Å². The molecule has 0 N–H and O–H groups in total. The quantitative estimate of drug-likeness (QED) is 0.628. The van der Waals surface area contributed by atoms with Crippen molar-refractivity contribution in [2.24, 2.45) is 17.8 Å². The fourth-order valence-electron chi connectivity index (χ4n) is 1.87. The zero-order valence-corrected chi connectivity index (χ0v) is 8.76. The van der Waals surface area contributed by atoms with Crippen molar-refractivity contribution in [2.45, 2.75) is 34.1 Å². The molecule has 1 heterocycles. The summed E-state index contributed by atoms with van der Waals surface area (Å²) in [6.45, 7) is 11.2. The highest BCUT2D eigenvalue weighted by Crippen LogP contribution is 2.32. The maximum absolute atomic E-state index is 5.18. The first kappa shape index (κ1) is 10.0. The van der Waals surface area contributed by atoms with Crippen LogP contribution in [0.15, 0.2) is 0 Å². The minimum atomic E-state index is 0.741. The van der Waals surface area contributed by atoms with Gasteiger partial charge in [0.15, 0.2) is 0 Å². The lowest BCUT2D eigenvalue weighted by Crippen LogP contribution is -2.31. The minimum absolute atomic E-state index is 0.741. The van der Waals surface area contributed by atoms with Crippen LogP contribution in [0.1, 0.15) is 34.1 Å². The number of rotatable bonds is 4. The molecule has 0 unspecified atom stereocenters. The Morgan fingerprint density at radius 2 is 1.67 bits per heavy atom. The zero-order chi connectivity index (χ0) is 9.14. The lowest BCUT2D eigenvalue weighted by atomic mass is 9.78. The summed E-state index contributed by atoms with van der Waals surface area (Å²) < 4.78 is 5.18. The SMILES string of the molecule is CC(C)[C](CC1COC1)C(C)C. The van der Waals surface area contributed by atoms with Gasteiger partial charge >= 0.3 is 0 Å². The fourth-order valence-corrected chi connectivity index (χ4v) is 1.87. The second kappa shape index (κ2) is 4.27. The van der Waals surface area contributed by atoms with Crippen molar-refractivity contribution in [3.8, 4) is 0 Å². The van der Waals surface area contributed by atoms with Crippen LogP contribution in [0.2, 0.25) is 0 Å². The fraction of sp³-hybridized carbons (Fsp3) is 0.909. The molecule has 1 nitrogen and oxygen atoms in total. The zero-order valence-electron chi connectivity index (χ0n) is 8.76. The van der Waals surface area contributed by atoms with Gasteiger partial charge in [-0.1, -0.05) is 27.7 Å². The molecule has 0 aromatic carbocycles. The van der Waals surface area contributed by atoms with Crippen molar-refractivity contribution in [1.82, 2.24) is 0 Å². The topological polar surface area (TPSA) is 9.23 Å². The van der Waals surface area contributed by atoms with Crippen LogP contribution in [0.3, 0.4) is 0 Å². The predicted octanol–water partition coefficient (Wildman–Crippen LogP) is 2.91. The Morgan fingerprint density at radius 3 is 1.92 bits per heavy atom. The first-order chi connectivity index (χ1) is 5.61. The molecule has 71 valence electrons. The third kappa shape index (κ3) is 2.48. The normalized spacial score (nSPS) is 19.2. The van der Waals surface area contributed by atoms with Crippen LogP contribution in [0.5, 0.6) is 0 Å². The molecule has 0 spiro atoms. The molecular weight excluding hydrogens is 148 g/mol. The molecule has 1 aliphatic rings. The monoisotopic (exact) mass is 169 g/mol. The highest BCUT2D eigenvalue weighted by atomic mass is 16.5. The lowest BCUT2D eigenvalue weighted by molar-refractivity contribution is -0.0361. The molecule has 1 aliphatic heterocycles. The molecule has 1 heteroatoms. The van der Waals surface area contributed by atoms with Crippen molar-refractivity contribution in [3.63, 3.8) is 0 Å². The third-order valence-corrected chi connectivity index (χ3v) is 2.71. The van der Waals surface area contributed by atoms with Crippen molar-refractivity contribution in [3.05, 3.63) is 5.92 Å². The van der Waals surface area contributed by atoms with Gasteiger partial charge in [0.05, 0.1) is 13.2 Å². The Balaban J connectivity index is 2.31. The molecule has 1 radical (unpaired) electrons. The van der Waals surface area contributed by atoms with E-state index >= 15 is 0 Å². The first-order valence-corrected chi connectivity index (χ1v) is 5.04. The summed E-state index contributed by atoms with van der Waals surface area (Å²) >= 11 is 0. The molecule has 0 amide bonds. The van der Waals surface area contributed by atoms with Gasteiger partial charge in [0.25, 0.3) is 0 Å². The third-order valence-electron chi connectivity index (χ3n) is 2.71. The smallest absolute Gasteiger partial charge is 0.0516 e. The summed E-state index contributed by atoms with van der Waals surface area (Å²) in [5, 5.41) is 0. The molecule has 12 heavy (non-hydrogen) atoms. The number of hydrogen-bond donors (Lipinski definition) is 0. The van der Waals surface area contributed by atoms with E-state index in [1.165, 1.54) is 6.42 Å². The average Bonchev–Trinajstić information content (AvgIpc) is 1.82. The molecule has 0 saturated carbocycles. The van der Waals surface area contributed by atoms with Gasteiger partial charge in [-0.15, -0.1) is 0 Å². The van der Waals surface area contributed by atoms with E-state index < -0.39 is 0 Å². The van der Waals surface area contributed by atoms with Crippen molar-refractivity contribution in [1.29, 1.82) is 0 Å². The van der Waals surface area contributed by atoms with Gasteiger partial charge in [0, 0.05) is 5.92 Å². The van der Waals surface area contributed by atoms with Crippen LogP contribution < -0.4 is 0 Å². The summed E-state index contributed by atoms with van der Waals surface area (Å²) in [6, 6.07) is 0. The maximum Gasteiger partial charge on any atom is 0.0516 e. The van der Waals surface area contributed by atoms with Gasteiger partial charge in [-0.05, 0) is 24.2 Å². The molecule has 1 fully saturated rings. The van der Waals surface area contributed by atoms with E-state index in [1.54, 1.807) is 5.92 Å². The van der Waals surface area contributed by atoms with E-state index in [0.717, 1.165) is 31.0 Å². The van der Waals surface area contributed by atoms with Gasteiger partial charge in [0.1, 0.15) is 0 Å². The summed E-state index contributed by atoms with van der Waals surface area (Å²) in [4.78, 5) is 0. The highest BCUT2D eigenvalue weighted by molar-refractivity contribution is 4.98. The molecule has 0 aromatic heterocycles. The Bertz CT molecular complexity index is 117. The van der Waals surface area contributed by atoms with Crippen molar-refractivity contribution < 1.29 is 4.74 Å². The van der Waals surface area contributed by atoms with Crippen molar-refractivity contribution in [2.75, 3.05) is 13.2 Å². The maximum atomic E-state index is 5.18. The van der Waals surface area contributed by atoms with Crippen LogP contribution in [0.4, 0.5) is 0 Å². The van der Waals surface area contributed by atoms with E-state index in [0.29, 0.717) is 0 Å². The lowest BCUT2D eigenvalue weighted by Gasteiger charge is -2.33. The van der Waals surface area contributed by atoms with Gasteiger partial charge in [-0.25, -0.2) is 0 Å². The summed E-state index contributed by atoms with van der Waals surface area (Å²) in [7, 11) is 0.